The number of rotatable bonds is 1. The van der Waals surface area contributed by atoms with Crippen molar-refractivity contribution < 1.29 is 13.2 Å². The van der Waals surface area contributed by atoms with Crippen LogP contribution in [0, 0.1) is 0 Å². The molecule has 0 atom stereocenters. The fourth-order valence-corrected chi connectivity index (χ4v) is 1.90. The van der Waals surface area contributed by atoms with Crippen molar-refractivity contribution in [3.05, 3.63) is 27.2 Å². The fraction of sp³-hybridized carbons (Fsp3) is 0.125. The highest BCUT2D eigenvalue weighted by molar-refractivity contribution is 9.10. The van der Waals surface area contributed by atoms with Gasteiger partial charge in [-0.1, -0.05) is 11.6 Å². The summed E-state index contributed by atoms with van der Waals surface area (Å²) < 4.78 is 37.1. The van der Waals surface area contributed by atoms with Crippen molar-refractivity contribution >= 4 is 50.6 Å². The lowest BCUT2D eigenvalue weighted by atomic mass is 10.2. The Hall–Kier alpha value is -0.420. The van der Waals surface area contributed by atoms with E-state index in [4.69, 9.17) is 11.6 Å². The van der Waals surface area contributed by atoms with E-state index in [9.17, 15) is 13.2 Å². The van der Waals surface area contributed by atoms with Crippen LogP contribution in [0.3, 0.4) is 0 Å². The van der Waals surface area contributed by atoms with Gasteiger partial charge in [-0.05, 0) is 40.3 Å². The van der Waals surface area contributed by atoms with Gasteiger partial charge in [0.25, 0.3) is 0 Å². The molecule has 0 spiro atoms. The van der Waals surface area contributed by atoms with Crippen molar-refractivity contribution in [3.8, 4) is 0 Å². The molecule has 0 heterocycles. The lowest BCUT2D eigenvalue weighted by molar-refractivity contribution is -0.137. The summed E-state index contributed by atoms with van der Waals surface area (Å²) in [6.45, 7) is 0. The quantitative estimate of drug-likeness (QED) is 0.532. The van der Waals surface area contributed by atoms with E-state index >= 15 is 0 Å². The Morgan fingerprint density at radius 1 is 1.40 bits per heavy atom. The van der Waals surface area contributed by atoms with Gasteiger partial charge in [-0.3, -0.25) is 0 Å². The third-order valence-electron chi connectivity index (χ3n) is 1.50. The molecule has 80 valence electrons. The molecule has 1 rings (SSSR count). The normalized spacial score (nSPS) is 11.0. The van der Waals surface area contributed by atoms with Gasteiger partial charge in [-0.15, -0.1) is 0 Å². The van der Waals surface area contributed by atoms with Crippen LogP contribution in [-0.2, 0) is 6.18 Å². The second-order valence-electron chi connectivity index (χ2n) is 2.49. The van der Waals surface area contributed by atoms with Gasteiger partial charge in [-0.25, -0.2) is 0 Å². The number of nitrogens with zero attached hydrogens (tertiary/aromatic N) is 1. The molecule has 0 bridgehead atoms. The number of isothiocyanates is 1. The Morgan fingerprint density at radius 3 is 2.40 bits per heavy atom. The fourth-order valence-electron chi connectivity index (χ4n) is 0.882. The summed E-state index contributed by atoms with van der Waals surface area (Å²) in [5, 5.41) is 1.91. The van der Waals surface area contributed by atoms with Crippen LogP contribution in [0.2, 0.25) is 5.02 Å². The Kier molecular flexibility index (Phi) is 3.89. The standard InChI is InChI=1S/C8H2BrClF3NS/c9-5-1-4(8(11,12)13)2-6(10)7(5)14-3-15/h1-2H. The van der Waals surface area contributed by atoms with Gasteiger partial charge in [0.1, 0.15) is 5.69 Å². The summed E-state index contributed by atoms with van der Waals surface area (Å²) in [6, 6.07) is 1.68. The van der Waals surface area contributed by atoms with E-state index < -0.39 is 11.7 Å². The lowest BCUT2D eigenvalue weighted by Crippen LogP contribution is -2.04. The Balaban J connectivity index is 3.38. The van der Waals surface area contributed by atoms with E-state index in [0.29, 0.717) is 0 Å². The summed E-state index contributed by atoms with van der Waals surface area (Å²) in [5.41, 5.74) is -0.706. The monoisotopic (exact) mass is 315 g/mol. The molecule has 0 aliphatic heterocycles. The van der Waals surface area contributed by atoms with Crippen molar-refractivity contribution in [1.82, 2.24) is 0 Å². The molecule has 1 nitrogen and oxygen atoms in total. The van der Waals surface area contributed by atoms with Crippen LogP contribution >= 0.6 is 39.7 Å². The summed E-state index contributed by atoms with van der Waals surface area (Å²) in [7, 11) is 0. The molecule has 0 aromatic heterocycles. The number of thiocarbonyl (C=S) groups is 1. The van der Waals surface area contributed by atoms with Gasteiger partial charge in [-0.2, -0.15) is 18.2 Å². The topological polar surface area (TPSA) is 12.4 Å². The molecule has 7 heteroatoms. The van der Waals surface area contributed by atoms with E-state index in [0.717, 1.165) is 12.1 Å². The molecule has 0 saturated heterocycles. The van der Waals surface area contributed by atoms with E-state index in [-0.39, 0.29) is 15.2 Å². The first kappa shape index (κ1) is 12.6. The summed E-state index contributed by atoms with van der Waals surface area (Å²) >= 11 is 12.9. The molecule has 15 heavy (non-hydrogen) atoms. The average Bonchev–Trinajstić information content (AvgIpc) is 2.09. The maximum Gasteiger partial charge on any atom is 0.416 e. The predicted octanol–water partition coefficient (Wildman–Crippen LogP) is 4.86. The zero-order valence-electron chi connectivity index (χ0n) is 6.90. The zero-order valence-corrected chi connectivity index (χ0v) is 10.1. The Bertz CT molecular complexity index is 417. The zero-order chi connectivity index (χ0) is 11.6. The van der Waals surface area contributed by atoms with Crippen molar-refractivity contribution in [1.29, 1.82) is 0 Å². The van der Waals surface area contributed by atoms with E-state index in [1.165, 1.54) is 0 Å². The highest BCUT2D eigenvalue weighted by Crippen LogP contribution is 2.39. The van der Waals surface area contributed by atoms with Crippen LogP contribution in [0.1, 0.15) is 5.56 Å². The van der Waals surface area contributed by atoms with Crippen molar-refractivity contribution in [2.45, 2.75) is 6.18 Å². The molecule has 0 radical (unpaired) electrons. The first-order chi connectivity index (χ1) is 6.86. The van der Waals surface area contributed by atoms with Crippen LogP contribution in [0.25, 0.3) is 0 Å². The highest BCUT2D eigenvalue weighted by atomic mass is 79.9. The van der Waals surface area contributed by atoms with Gasteiger partial charge >= 0.3 is 6.18 Å². The largest absolute Gasteiger partial charge is 0.416 e. The van der Waals surface area contributed by atoms with Crippen molar-refractivity contribution in [3.63, 3.8) is 0 Å². The van der Waals surface area contributed by atoms with Crippen LogP contribution in [0.15, 0.2) is 21.6 Å². The molecule has 1 aromatic carbocycles. The molecular weight excluding hydrogens is 315 g/mol. The van der Waals surface area contributed by atoms with Gasteiger partial charge < -0.3 is 0 Å². The van der Waals surface area contributed by atoms with Gasteiger partial charge in [0, 0.05) is 4.47 Å². The molecule has 0 amide bonds. The molecule has 0 fully saturated rings. The van der Waals surface area contributed by atoms with E-state index in [1.807, 2.05) is 5.16 Å². The first-order valence-electron chi connectivity index (χ1n) is 3.50. The third-order valence-corrected chi connectivity index (χ3v) is 2.49. The minimum atomic E-state index is -4.44. The minimum absolute atomic E-state index is 0.125. The molecule has 1 aromatic rings. The first-order valence-corrected chi connectivity index (χ1v) is 5.08. The number of hydrogen-bond acceptors (Lipinski definition) is 2. The summed E-state index contributed by atoms with van der Waals surface area (Å²) in [6.07, 6.45) is -4.44. The Morgan fingerprint density at radius 2 is 2.00 bits per heavy atom. The smallest absolute Gasteiger partial charge is 0.192 e. The molecule has 0 N–H and O–H groups in total. The Labute approximate surface area is 102 Å². The second-order valence-corrected chi connectivity index (χ2v) is 3.93. The molecule has 0 aliphatic carbocycles. The molecule has 0 unspecified atom stereocenters. The van der Waals surface area contributed by atoms with E-state index in [1.54, 1.807) is 0 Å². The van der Waals surface area contributed by atoms with Gasteiger partial charge in [0.15, 0.2) is 0 Å². The van der Waals surface area contributed by atoms with Crippen molar-refractivity contribution in [2.24, 2.45) is 4.99 Å². The highest BCUT2D eigenvalue weighted by Gasteiger charge is 2.31. The maximum atomic E-state index is 12.3. The molecular formula is C8H2BrClF3NS. The number of alkyl halides is 3. The van der Waals surface area contributed by atoms with Crippen molar-refractivity contribution in [2.75, 3.05) is 0 Å². The molecule has 0 aliphatic rings. The van der Waals surface area contributed by atoms with Crippen LogP contribution in [0.4, 0.5) is 18.9 Å². The second kappa shape index (κ2) is 4.61. The van der Waals surface area contributed by atoms with E-state index in [2.05, 4.69) is 33.1 Å². The number of halogens is 5. The lowest BCUT2D eigenvalue weighted by Gasteiger charge is -2.09. The molecule has 0 saturated carbocycles. The summed E-state index contributed by atoms with van der Waals surface area (Å²) in [5.74, 6) is 0. The number of aliphatic imine (C=N–C) groups is 1. The number of benzene rings is 1. The third kappa shape index (κ3) is 3.01. The maximum absolute atomic E-state index is 12.3. The van der Waals surface area contributed by atoms with Crippen LogP contribution in [-0.4, -0.2) is 5.16 Å². The van der Waals surface area contributed by atoms with Gasteiger partial charge in [0.2, 0.25) is 0 Å². The van der Waals surface area contributed by atoms with Gasteiger partial charge in [0.05, 0.1) is 15.7 Å². The van der Waals surface area contributed by atoms with Crippen LogP contribution < -0.4 is 0 Å². The minimum Gasteiger partial charge on any atom is -0.192 e. The number of hydrogen-bond donors (Lipinski definition) is 0. The predicted molar refractivity (Wildman–Crippen MR) is 58.8 cm³/mol. The summed E-state index contributed by atoms with van der Waals surface area (Å²) in [4.78, 5) is 3.55. The van der Waals surface area contributed by atoms with Crippen LogP contribution in [0.5, 0.6) is 0 Å². The average molecular weight is 317 g/mol. The SMILES string of the molecule is FC(F)(F)c1cc(Cl)c(N=C=S)c(Br)c1.